The van der Waals surface area contributed by atoms with Gasteiger partial charge in [0.1, 0.15) is 5.76 Å². The lowest BCUT2D eigenvalue weighted by Gasteiger charge is -2.38. The van der Waals surface area contributed by atoms with E-state index < -0.39 is 0 Å². The predicted octanol–water partition coefficient (Wildman–Crippen LogP) is 3.32. The van der Waals surface area contributed by atoms with Crippen LogP contribution in [0.1, 0.15) is 57.3 Å². The van der Waals surface area contributed by atoms with Crippen molar-refractivity contribution >= 4 is 0 Å². The van der Waals surface area contributed by atoms with E-state index >= 15 is 0 Å². The number of fused-ring (bicyclic) bond motifs is 1. The first-order valence-corrected chi connectivity index (χ1v) is 7.86. The number of hydrogen-bond acceptors (Lipinski definition) is 3. The molecule has 4 unspecified atom stereocenters. The van der Waals surface area contributed by atoms with Gasteiger partial charge in [-0.05, 0) is 50.3 Å². The van der Waals surface area contributed by atoms with Crippen LogP contribution in [0.25, 0.3) is 0 Å². The summed E-state index contributed by atoms with van der Waals surface area (Å²) in [7, 11) is 0. The van der Waals surface area contributed by atoms with Crippen molar-refractivity contribution < 1.29 is 4.42 Å². The van der Waals surface area contributed by atoms with Gasteiger partial charge in [0.05, 0.1) is 12.3 Å². The molecule has 0 radical (unpaired) electrons. The Morgan fingerprint density at radius 1 is 1.37 bits per heavy atom. The average molecular weight is 262 g/mol. The third kappa shape index (κ3) is 2.46. The normalized spacial score (nSPS) is 31.1. The number of nitrogens with two attached hydrogens (primary N) is 1. The van der Waals surface area contributed by atoms with E-state index in [1.807, 2.05) is 6.07 Å². The van der Waals surface area contributed by atoms with E-state index in [0.29, 0.717) is 0 Å². The zero-order valence-corrected chi connectivity index (χ0v) is 11.9. The van der Waals surface area contributed by atoms with Crippen molar-refractivity contribution in [2.75, 3.05) is 6.54 Å². The lowest BCUT2D eigenvalue weighted by molar-refractivity contribution is 0.100. The van der Waals surface area contributed by atoms with Crippen molar-refractivity contribution in [2.45, 2.75) is 63.6 Å². The molecule has 19 heavy (non-hydrogen) atoms. The molecular formula is C16H26N2O. The van der Waals surface area contributed by atoms with E-state index in [1.165, 1.54) is 38.6 Å². The topological polar surface area (TPSA) is 42.4 Å². The molecule has 3 nitrogen and oxygen atoms in total. The Labute approximate surface area is 116 Å². The second-order valence-electron chi connectivity index (χ2n) is 6.17. The summed E-state index contributed by atoms with van der Waals surface area (Å²) in [5, 5.41) is 0. The van der Waals surface area contributed by atoms with E-state index in [0.717, 1.165) is 24.1 Å². The Balaban J connectivity index is 1.83. The van der Waals surface area contributed by atoms with Crippen molar-refractivity contribution in [1.29, 1.82) is 0 Å². The summed E-state index contributed by atoms with van der Waals surface area (Å²) in [5.41, 5.74) is 6.41. The highest BCUT2D eigenvalue weighted by Crippen LogP contribution is 2.41. The Kier molecular flexibility index (Phi) is 3.94. The lowest BCUT2D eigenvalue weighted by Crippen LogP contribution is -2.45. The van der Waals surface area contributed by atoms with Crippen LogP contribution in [0.3, 0.4) is 0 Å². The van der Waals surface area contributed by atoms with Gasteiger partial charge in [0.15, 0.2) is 0 Å². The first kappa shape index (κ1) is 13.2. The Hall–Kier alpha value is -0.800. The third-order valence-corrected chi connectivity index (χ3v) is 5.12. The van der Waals surface area contributed by atoms with Gasteiger partial charge in [0.25, 0.3) is 0 Å². The maximum absolute atomic E-state index is 6.41. The molecule has 4 atom stereocenters. The highest BCUT2D eigenvalue weighted by Gasteiger charge is 2.41. The summed E-state index contributed by atoms with van der Waals surface area (Å²) < 4.78 is 5.69. The van der Waals surface area contributed by atoms with Gasteiger partial charge in [-0.2, -0.15) is 0 Å². The van der Waals surface area contributed by atoms with Crippen molar-refractivity contribution in [3.05, 3.63) is 24.2 Å². The largest absolute Gasteiger partial charge is 0.468 e. The van der Waals surface area contributed by atoms with Crippen LogP contribution < -0.4 is 5.73 Å². The quantitative estimate of drug-likeness (QED) is 0.905. The summed E-state index contributed by atoms with van der Waals surface area (Å²) in [6.45, 7) is 3.36. The van der Waals surface area contributed by atoms with Gasteiger partial charge in [-0.1, -0.05) is 19.8 Å². The van der Waals surface area contributed by atoms with E-state index in [2.05, 4.69) is 17.9 Å². The fraction of sp³-hybridized carbons (Fsp3) is 0.750. The second-order valence-corrected chi connectivity index (χ2v) is 6.17. The fourth-order valence-electron chi connectivity index (χ4n) is 4.09. The van der Waals surface area contributed by atoms with Crippen molar-refractivity contribution in [3.8, 4) is 0 Å². The van der Waals surface area contributed by atoms with Crippen LogP contribution in [0, 0.1) is 5.92 Å². The van der Waals surface area contributed by atoms with Gasteiger partial charge in [-0.3, -0.25) is 4.90 Å². The minimum absolute atomic E-state index is 0.173. The third-order valence-electron chi connectivity index (χ3n) is 5.12. The highest BCUT2D eigenvalue weighted by atomic mass is 16.3. The zero-order valence-electron chi connectivity index (χ0n) is 11.9. The molecule has 1 saturated carbocycles. The molecule has 3 heteroatoms. The molecule has 0 amide bonds. The van der Waals surface area contributed by atoms with Crippen molar-refractivity contribution in [1.82, 2.24) is 4.90 Å². The van der Waals surface area contributed by atoms with Crippen molar-refractivity contribution in [3.63, 3.8) is 0 Å². The molecule has 1 aromatic rings. The molecule has 1 aliphatic heterocycles. The van der Waals surface area contributed by atoms with E-state index in [1.54, 1.807) is 6.26 Å². The fourth-order valence-corrected chi connectivity index (χ4v) is 4.09. The molecule has 1 saturated heterocycles. The monoisotopic (exact) mass is 262 g/mol. The van der Waals surface area contributed by atoms with Crippen LogP contribution >= 0.6 is 0 Å². The zero-order chi connectivity index (χ0) is 13.2. The molecule has 2 fully saturated rings. The number of furan rings is 1. The van der Waals surface area contributed by atoms with Crippen LogP contribution in [0.2, 0.25) is 0 Å². The van der Waals surface area contributed by atoms with Crippen LogP contribution in [0.5, 0.6) is 0 Å². The summed E-state index contributed by atoms with van der Waals surface area (Å²) in [5.74, 6) is 1.95. The Bertz CT molecular complexity index is 389. The standard InChI is InChI=1S/C16H26N2O/c1-2-13(17)16(15-8-5-11-19-15)18-10-9-12-6-3-4-7-14(12)18/h5,8,11-14,16H,2-4,6-7,9-10,17H2,1H3. The van der Waals surface area contributed by atoms with Gasteiger partial charge in [0, 0.05) is 12.1 Å². The van der Waals surface area contributed by atoms with Crippen LogP contribution in [0.15, 0.2) is 22.8 Å². The first-order chi connectivity index (χ1) is 9.31. The summed E-state index contributed by atoms with van der Waals surface area (Å²) in [6.07, 6.45) is 9.67. The predicted molar refractivity (Wildman–Crippen MR) is 76.8 cm³/mol. The Morgan fingerprint density at radius 3 is 2.95 bits per heavy atom. The van der Waals surface area contributed by atoms with E-state index in [-0.39, 0.29) is 12.1 Å². The molecule has 106 valence electrons. The van der Waals surface area contributed by atoms with Gasteiger partial charge in [0.2, 0.25) is 0 Å². The summed E-state index contributed by atoms with van der Waals surface area (Å²) in [4.78, 5) is 2.65. The molecule has 0 bridgehead atoms. The molecule has 2 heterocycles. The molecule has 0 aromatic carbocycles. The highest BCUT2D eigenvalue weighted by molar-refractivity contribution is 5.10. The smallest absolute Gasteiger partial charge is 0.122 e. The maximum Gasteiger partial charge on any atom is 0.122 e. The Morgan fingerprint density at radius 2 is 2.21 bits per heavy atom. The summed E-state index contributed by atoms with van der Waals surface area (Å²) >= 11 is 0. The SMILES string of the molecule is CCC(N)C(c1ccco1)N1CCC2CCCCC21. The van der Waals surface area contributed by atoms with Crippen LogP contribution in [0.4, 0.5) is 0 Å². The molecule has 0 spiro atoms. The number of hydrogen-bond donors (Lipinski definition) is 1. The molecule has 3 rings (SSSR count). The second kappa shape index (κ2) is 5.68. The maximum atomic E-state index is 6.41. The molecular weight excluding hydrogens is 236 g/mol. The van der Waals surface area contributed by atoms with E-state index in [9.17, 15) is 0 Å². The van der Waals surface area contributed by atoms with Gasteiger partial charge in [-0.25, -0.2) is 0 Å². The number of nitrogens with zero attached hydrogens (tertiary/aromatic N) is 1. The average Bonchev–Trinajstić information content (AvgIpc) is 3.09. The van der Waals surface area contributed by atoms with Crippen LogP contribution in [-0.4, -0.2) is 23.5 Å². The first-order valence-electron chi connectivity index (χ1n) is 7.86. The molecule has 1 aliphatic carbocycles. The molecule has 2 N–H and O–H groups in total. The van der Waals surface area contributed by atoms with Gasteiger partial charge >= 0.3 is 0 Å². The minimum atomic E-state index is 0.173. The molecule has 2 aliphatic rings. The minimum Gasteiger partial charge on any atom is -0.468 e. The number of likely N-dealkylation sites (tertiary alicyclic amines) is 1. The van der Waals surface area contributed by atoms with Crippen molar-refractivity contribution in [2.24, 2.45) is 11.7 Å². The van der Waals surface area contributed by atoms with E-state index in [4.69, 9.17) is 10.2 Å². The molecule has 1 aromatic heterocycles. The summed E-state index contributed by atoms with van der Waals surface area (Å²) in [6, 6.07) is 5.26. The van der Waals surface area contributed by atoms with Gasteiger partial charge in [-0.15, -0.1) is 0 Å². The van der Waals surface area contributed by atoms with Crippen LogP contribution in [-0.2, 0) is 0 Å². The van der Waals surface area contributed by atoms with Gasteiger partial charge < -0.3 is 10.2 Å². The lowest BCUT2D eigenvalue weighted by atomic mass is 9.84. The number of rotatable bonds is 4.